The molecule has 0 saturated heterocycles. The summed E-state index contributed by atoms with van der Waals surface area (Å²) in [7, 11) is 0. The summed E-state index contributed by atoms with van der Waals surface area (Å²) in [6, 6.07) is 8.00. The Kier molecular flexibility index (Phi) is 5.22. The van der Waals surface area contributed by atoms with Crippen LogP contribution in [0.4, 0.5) is 0 Å². The molecule has 0 aromatic heterocycles. The molecule has 0 fully saturated rings. The smallest absolute Gasteiger partial charge is 0.328 e. The molecule has 0 heterocycles. The third-order valence-electron chi connectivity index (χ3n) is 1.99. The van der Waals surface area contributed by atoms with E-state index >= 15 is 0 Å². The van der Waals surface area contributed by atoms with Gasteiger partial charge in [0.2, 0.25) is 0 Å². The fourth-order valence-electron chi connectivity index (χ4n) is 1.31. The lowest BCUT2D eigenvalue weighted by Gasteiger charge is -2.05. The third-order valence-corrected chi connectivity index (χ3v) is 2.49. The molecular formula is C12H14BrNO2. The lowest BCUT2D eigenvalue weighted by molar-refractivity contribution is -0.131. The van der Waals surface area contributed by atoms with Crippen molar-refractivity contribution in [2.75, 3.05) is 6.54 Å². The SMILES string of the molecule is C/C(=C/C(=O)O)CNCc1cccc(Br)c1. The van der Waals surface area contributed by atoms with Crippen molar-refractivity contribution >= 4 is 21.9 Å². The van der Waals surface area contributed by atoms with Gasteiger partial charge in [-0.3, -0.25) is 0 Å². The molecule has 2 N–H and O–H groups in total. The van der Waals surface area contributed by atoms with Crippen LogP contribution in [0, 0.1) is 0 Å². The first kappa shape index (κ1) is 12.9. The molecule has 1 aromatic carbocycles. The third kappa shape index (κ3) is 5.09. The lowest BCUT2D eigenvalue weighted by Crippen LogP contribution is -2.16. The molecule has 3 nitrogen and oxygen atoms in total. The van der Waals surface area contributed by atoms with E-state index in [0.29, 0.717) is 6.54 Å². The highest BCUT2D eigenvalue weighted by atomic mass is 79.9. The zero-order chi connectivity index (χ0) is 12.0. The Hall–Kier alpha value is -1.13. The summed E-state index contributed by atoms with van der Waals surface area (Å²) >= 11 is 3.40. The normalized spacial score (nSPS) is 11.5. The molecule has 0 atom stereocenters. The minimum Gasteiger partial charge on any atom is -0.478 e. The van der Waals surface area contributed by atoms with E-state index in [1.165, 1.54) is 6.08 Å². The molecule has 4 heteroatoms. The van der Waals surface area contributed by atoms with Crippen LogP contribution in [0.2, 0.25) is 0 Å². The van der Waals surface area contributed by atoms with Crippen LogP contribution in [0.1, 0.15) is 12.5 Å². The van der Waals surface area contributed by atoms with Crippen LogP contribution in [-0.4, -0.2) is 17.6 Å². The van der Waals surface area contributed by atoms with Crippen molar-refractivity contribution < 1.29 is 9.90 Å². The number of hydrogen-bond donors (Lipinski definition) is 2. The summed E-state index contributed by atoms with van der Waals surface area (Å²) in [6.45, 7) is 3.10. The maximum Gasteiger partial charge on any atom is 0.328 e. The number of aliphatic carboxylic acids is 1. The van der Waals surface area contributed by atoms with E-state index in [4.69, 9.17) is 5.11 Å². The summed E-state index contributed by atoms with van der Waals surface area (Å²) in [6.07, 6.45) is 1.22. The van der Waals surface area contributed by atoms with Crippen molar-refractivity contribution in [2.45, 2.75) is 13.5 Å². The molecule has 0 bridgehead atoms. The van der Waals surface area contributed by atoms with Gasteiger partial charge < -0.3 is 10.4 Å². The molecular weight excluding hydrogens is 270 g/mol. The Balaban J connectivity index is 2.39. The first-order valence-electron chi connectivity index (χ1n) is 4.93. The highest BCUT2D eigenvalue weighted by Crippen LogP contribution is 2.11. The zero-order valence-electron chi connectivity index (χ0n) is 9.03. The first-order valence-corrected chi connectivity index (χ1v) is 5.72. The van der Waals surface area contributed by atoms with E-state index in [1.54, 1.807) is 6.92 Å². The first-order chi connectivity index (χ1) is 7.58. The lowest BCUT2D eigenvalue weighted by atomic mass is 10.2. The molecule has 0 spiro atoms. The van der Waals surface area contributed by atoms with Crippen molar-refractivity contribution in [3.8, 4) is 0 Å². The molecule has 86 valence electrons. The quantitative estimate of drug-likeness (QED) is 0.817. The van der Waals surface area contributed by atoms with Crippen molar-refractivity contribution in [3.05, 3.63) is 46.0 Å². The van der Waals surface area contributed by atoms with Crippen LogP contribution in [-0.2, 0) is 11.3 Å². The number of carboxylic acid groups (broad SMARTS) is 1. The van der Waals surface area contributed by atoms with Crippen molar-refractivity contribution in [3.63, 3.8) is 0 Å². The number of carboxylic acids is 1. The fraction of sp³-hybridized carbons (Fsp3) is 0.250. The molecule has 0 radical (unpaired) electrons. The predicted octanol–water partition coefficient (Wildman–Crippen LogP) is 2.57. The number of halogens is 1. The van der Waals surface area contributed by atoms with Gasteiger partial charge in [-0.1, -0.05) is 33.6 Å². The van der Waals surface area contributed by atoms with Gasteiger partial charge in [0.05, 0.1) is 0 Å². The minimum atomic E-state index is -0.901. The summed E-state index contributed by atoms with van der Waals surface area (Å²) < 4.78 is 1.05. The molecule has 0 aliphatic heterocycles. The molecule has 0 aliphatic carbocycles. The Morgan fingerprint density at radius 3 is 2.94 bits per heavy atom. The van der Waals surface area contributed by atoms with Crippen LogP contribution in [0.25, 0.3) is 0 Å². The minimum absolute atomic E-state index is 0.582. The average Bonchev–Trinajstić information content (AvgIpc) is 2.16. The van der Waals surface area contributed by atoms with Gasteiger partial charge in [-0.05, 0) is 24.6 Å². The molecule has 1 rings (SSSR count). The molecule has 0 amide bonds. The van der Waals surface area contributed by atoms with Crippen molar-refractivity contribution in [2.24, 2.45) is 0 Å². The number of carbonyl (C=O) groups is 1. The van der Waals surface area contributed by atoms with Gasteiger partial charge in [0, 0.05) is 23.6 Å². The zero-order valence-corrected chi connectivity index (χ0v) is 10.6. The molecule has 1 aromatic rings. The van der Waals surface area contributed by atoms with E-state index in [-0.39, 0.29) is 0 Å². The van der Waals surface area contributed by atoms with Gasteiger partial charge >= 0.3 is 5.97 Å². The summed E-state index contributed by atoms with van der Waals surface area (Å²) in [5.74, 6) is -0.901. The van der Waals surface area contributed by atoms with Crippen molar-refractivity contribution in [1.29, 1.82) is 0 Å². The Bertz CT molecular complexity index is 402. The van der Waals surface area contributed by atoms with Crippen LogP contribution >= 0.6 is 15.9 Å². The van der Waals surface area contributed by atoms with Crippen LogP contribution in [0.3, 0.4) is 0 Å². The van der Waals surface area contributed by atoms with Gasteiger partial charge in [0.25, 0.3) is 0 Å². The standard InChI is InChI=1S/C12H14BrNO2/c1-9(5-12(15)16)7-14-8-10-3-2-4-11(13)6-10/h2-6,14H,7-8H2,1H3,(H,15,16)/b9-5-. The Labute approximate surface area is 103 Å². The second-order valence-electron chi connectivity index (χ2n) is 3.56. The molecule has 0 unspecified atom stereocenters. The molecule has 0 saturated carbocycles. The van der Waals surface area contributed by atoms with Gasteiger partial charge in [-0.25, -0.2) is 4.79 Å². The van der Waals surface area contributed by atoms with Gasteiger partial charge in [-0.2, -0.15) is 0 Å². The Morgan fingerprint density at radius 1 is 1.56 bits per heavy atom. The fourth-order valence-corrected chi connectivity index (χ4v) is 1.76. The highest BCUT2D eigenvalue weighted by molar-refractivity contribution is 9.10. The number of hydrogen-bond acceptors (Lipinski definition) is 2. The monoisotopic (exact) mass is 283 g/mol. The van der Waals surface area contributed by atoms with E-state index < -0.39 is 5.97 Å². The maximum atomic E-state index is 10.4. The topological polar surface area (TPSA) is 49.3 Å². The largest absolute Gasteiger partial charge is 0.478 e. The summed E-state index contributed by atoms with van der Waals surface area (Å²) in [5.41, 5.74) is 1.97. The average molecular weight is 284 g/mol. The molecule has 16 heavy (non-hydrogen) atoms. The second-order valence-corrected chi connectivity index (χ2v) is 4.48. The van der Waals surface area contributed by atoms with Crippen LogP contribution < -0.4 is 5.32 Å². The molecule has 0 aliphatic rings. The predicted molar refractivity (Wildman–Crippen MR) is 67.2 cm³/mol. The second kappa shape index (κ2) is 6.45. The van der Waals surface area contributed by atoms with Crippen LogP contribution in [0.15, 0.2) is 40.4 Å². The summed E-state index contributed by atoms with van der Waals surface area (Å²) in [5, 5.41) is 11.7. The van der Waals surface area contributed by atoms with E-state index in [9.17, 15) is 4.79 Å². The maximum absolute atomic E-state index is 10.4. The van der Waals surface area contributed by atoms with Gasteiger partial charge in [0.15, 0.2) is 0 Å². The van der Waals surface area contributed by atoms with Gasteiger partial charge in [0.1, 0.15) is 0 Å². The van der Waals surface area contributed by atoms with Crippen LogP contribution in [0.5, 0.6) is 0 Å². The van der Waals surface area contributed by atoms with Gasteiger partial charge in [-0.15, -0.1) is 0 Å². The Morgan fingerprint density at radius 2 is 2.31 bits per heavy atom. The highest BCUT2D eigenvalue weighted by Gasteiger charge is 1.96. The number of benzene rings is 1. The van der Waals surface area contributed by atoms with E-state index in [1.807, 2.05) is 24.3 Å². The van der Waals surface area contributed by atoms with E-state index in [2.05, 4.69) is 21.2 Å². The number of rotatable bonds is 5. The van der Waals surface area contributed by atoms with E-state index in [0.717, 1.165) is 22.2 Å². The number of nitrogens with one attached hydrogen (secondary N) is 1. The summed E-state index contributed by atoms with van der Waals surface area (Å²) in [4.78, 5) is 10.4. The van der Waals surface area contributed by atoms with Crippen molar-refractivity contribution in [1.82, 2.24) is 5.32 Å².